The second kappa shape index (κ2) is 7.67. The van der Waals surface area contributed by atoms with E-state index in [4.69, 9.17) is 15.9 Å². The van der Waals surface area contributed by atoms with Gasteiger partial charge in [-0.3, -0.25) is 0 Å². The quantitative estimate of drug-likeness (QED) is 0.613. The molecular weight excluding hydrogens is 246 g/mol. The van der Waals surface area contributed by atoms with Crippen LogP contribution in [0.4, 0.5) is 4.79 Å². The van der Waals surface area contributed by atoms with Crippen LogP contribution in [0.1, 0.15) is 41.0 Å². The van der Waals surface area contributed by atoms with Crippen molar-refractivity contribution in [3.8, 4) is 12.3 Å². The summed E-state index contributed by atoms with van der Waals surface area (Å²) in [5.74, 6) is 1.89. The largest absolute Gasteiger partial charge is 0.451 e. The van der Waals surface area contributed by atoms with E-state index in [0.29, 0.717) is 6.42 Å². The van der Waals surface area contributed by atoms with Crippen molar-refractivity contribution in [3.63, 3.8) is 0 Å². The number of ether oxygens (including phenoxy) is 2. The van der Waals surface area contributed by atoms with Crippen molar-refractivity contribution in [2.75, 3.05) is 6.61 Å². The Labute approximate surface area is 115 Å². The monoisotopic (exact) mass is 269 g/mol. The molecule has 0 aliphatic rings. The van der Waals surface area contributed by atoms with E-state index in [0.717, 1.165) is 0 Å². The fourth-order valence-electron chi connectivity index (χ4n) is 1.35. The van der Waals surface area contributed by atoms with Crippen LogP contribution in [-0.4, -0.2) is 30.3 Å². The van der Waals surface area contributed by atoms with Gasteiger partial charge in [0.25, 0.3) is 0 Å². The number of carbonyl (C=O) groups is 2. The lowest BCUT2D eigenvalue weighted by Crippen LogP contribution is -2.45. The lowest BCUT2D eigenvalue weighted by Gasteiger charge is -2.23. The van der Waals surface area contributed by atoms with Gasteiger partial charge in [-0.15, -0.1) is 6.42 Å². The van der Waals surface area contributed by atoms with Crippen LogP contribution in [0, 0.1) is 18.3 Å². The minimum absolute atomic E-state index is 0.108. The molecule has 1 atom stereocenters. The van der Waals surface area contributed by atoms with Crippen LogP contribution in [-0.2, 0) is 14.3 Å². The van der Waals surface area contributed by atoms with Gasteiger partial charge in [-0.1, -0.05) is 19.8 Å². The van der Waals surface area contributed by atoms with E-state index >= 15 is 0 Å². The molecule has 0 aliphatic heterocycles. The maximum absolute atomic E-state index is 11.8. The molecule has 108 valence electrons. The highest BCUT2D eigenvalue weighted by Gasteiger charge is 2.26. The Hall–Kier alpha value is -1.70. The molecule has 0 heterocycles. The Morgan fingerprint density at radius 1 is 1.32 bits per heavy atom. The number of rotatable bonds is 5. The van der Waals surface area contributed by atoms with Crippen molar-refractivity contribution in [2.24, 2.45) is 5.92 Å². The SMILES string of the molecule is C#CCOC(=O)[C@H](CC(C)C)NC(=O)OC(C)(C)C. The maximum atomic E-state index is 11.8. The van der Waals surface area contributed by atoms with E-state index in [-0.39, 0.29) is 12.5 Å². The molecule has 0 unspecified atom stereocenters. The molecule has 5 heteroatoms. The number of hydrogen-bond acceptors (Lipinski definition) is 4. The summed E-state index contributed by atoms with van der Waals surface area (Å²) in [5.41, 5.74) is -0.616. The predicted molar refractivity (Wildman–Crippen MR) is 72.4 cm³/mol. The highest BCUT2D eigenvalue weighted by Crippen LogP contribution is 2.10. The summed E-state index contributed by atoms with van der Waals surface area (Å²) in [6, 6.07) is -0.747. The first kappa shape index (κ1) is 17.3. The van der Waals surface area contributed by atoms with Gasteiger partial charge in [0, 0.05) is 0 Å². The Bertz CT molecular complexity index is 349. The molecule has 0 saturated heterocycles. The fourth-order valence-corrected chi connectivity index (χ4v) is 1.35. The molecule has 0 aliphatic carbocycles. The third-order valence-electron chi connectivity index (χ3n) is 1.98. The summed E-state index contributed by atoms with van der Waals surface area (Å²) in [5, 5.41) is 2.51. The lowest BCUT2D eigenvalue weighted by molar-refractivity contribution is -0.145. The summed E-state index contributed by atoms with van der Waals surface area (Å²) < 4.78 is 9.95. The molecule has 5 nitrogen and oxygen atoms in total. The van der Waals surface area contributed by atoms with Crippen LogP contribution in [0.5, 0.6) is 0 Å². The van der Waals surface area contributed by atoms with Gasteiger partial charge in [-0.2, -0.15) is 0 Å². The fraction of sp³-hybridized carbons (Fsp3) is 0.714. The average molecular weight is 269 g/mol. The highest BCUT2D eigenvalue weighted by molar-refractivity contribution is 5.81. The van der Waals surface area contributed by atoms with Crippen molar-refractivity contribution < 1.29 is 19.1 Å². The number of nitrogens with one attached hydrogen (secondary N) is 1. The number of hydrogen-bond donors (Lipinski definition) is 1. The van der Waals surface area contributed by atoms with E-state index < -0.39 is 23.7 Å². The summed E-state index contributed by atoms with van der Waals surface area (Å²) in [6.45, 7) is 9.03. The van der Waals surface area contributed by atoms with E-state index in [1.165, 1.54) is 0 Å². The molecule has 1 N–H and O–H groups in total. The maximum Gasteiger partial charge on any atom is 0.408 e. The zero-order valence-corrected chi connectivity index (χ0v) is 12.3. The molecule has 0 spiro atoms. The average Bonchev–Trinajstić information content (AvgIpc) is 2.21. The van der Waals surface area contributed by atoms with Gasteiger partial charge in [0.2, 0.25) is 0 Å². The van der Waals surface area contributed by atoms with Crippen LogP contribution in [0.25, 0.3) is 0 Å². The minimum Gasteiger partial charge on any atom is -0.451 e. The van der Waals surface area contributed by atoms with E-state index in [2.05, 4.69) is 11.2 Å². The summed E-state index contributed by atoms with van der Waals surface area (Å²) in [4.78, 5) is 23.4. The van der Waals surface area contributed by atoms with Crippen molar-refractivity contribution in [1.29, 1.82) is 0 Å². The second-order valence-electron chi connectivity index (χ2n) is 5.64. The molecule has 0 bridgehead atoms. The molecule has 0 aromatic heterocycles. The first-order chi connectivity index (χ1) is 8.65. The molecule has 0 aromatic carbocycles. The normalized spacial score (nSPS) is 12.5. The van der Waals surface area contributed by atoms with E-state index in [1.807, 2.05) is 13.8 Å². The Morgan fingerprint density at radius 2 is 1.89 bits per heavy atom. The summed E-state index contributed by atoms with van der Waals surface area (Å²) in [7, 11) is 0. The summed E-state index contributed by atoms with van der Waals surface area (Å²) >= 11 is 0. The zero-order chi connectivity index (χ0) is 15.1. The topological polar surface area (TPSA) is 64.6 Å². The molecule has 1 amide bonds. The smallest absolute Gasteiger partial charge is 0.408 e. The Balaban J connectivity index is 4.55. The van der Waals surface area contributed by atoms with Gasteiger partial charge in [-0.25, -0.2) is 9.59 Å². The van der Waals surface area contributed by atoms with Crippen LogP contribution in [0.3, 0.4) is 0 Å². The van der Waals surface area contributed by atoms with Crippen molar-refractivity contribution in [3.05, 3.63) is 0 Å². The predicted octanol–water partition coefficient (Wildman–Crippen LogP) is 2.10. The van der Waals surface area contributed by atoms with Gasteiger partial charge in [0.15, 0.2) is 6.61 Å². The lowest BCUT2D eigenvalue weighted by atomic mass is 10.0. The first-order valence-electron chi connectivity index (χ1n) is 6.25. The number of esters is 1. The Morgan fingerprint density at radius 3 is 2.32 bits per heavy atom. The second-order valence-corrected chi connectivity index (χ2v) is 5.64. The number of amides is 1. The highest BCUT2D eigenvalue weighted by atomic mass is 16.6. The van der Waals surface area contributed by atoms with Crippen LogP contribution in [0.2, 0.25) is 0 Å². The van der Waals surface area contributed by atoms with Crippen LogP contribution >= 0.6 is 0 Å². The van der Waals surface area contributed by atoms with Crippen LogP contribution in [0.15, 0.2) is 0 Å². The number of alkyl carbamates (subject to hydrolysis) is 1. The molecule has 0 saturated carbocycles. The van der Waals surface area contributed by atoms with Gasteiger partial charge >= 0.3 is 12.1 Å². The third kappa shape index (κ3) is 8.95. The molecule has 0 fully saturated rings. The molecule has 19 heavy (non-hydrogen) atoms. The van der Waals surface area contributed by atoms with Gasteiger partial charge in [-0.05, 0) is 33.1 Å². The molecular formula is C14H23NO4. The van der Waals surface area contributed by atoms with E-state index in [9.17, 15) is 9.59 Å². The van der Waals surface area contributed by atoms with Crippen molar-refractivity contribution in [1.82, 2.24) is 5.32 Å². The summed E-state index contributed by atoms with van der Waals surface area (Å²) in [6.07, 6.45) is 4.84. The number of terminal acetylenes is 1. The van der Waals surface area contributed by atoms with Gasteiger partial charge < -0.3 is 14.8 Å². The van der Waals surface area contributed by atoms with Crippen molar-refractivity contribution in [2.45, 2.75) is 52.7 Å². The minimum atomic E-state index is -0.747. The number of carbonyl (C=O) groups excluding carboxylic acids is 2. The first-order valence-corrected chi connectivity index (χ1v) is 6.25. The standard InChI is InChI=1S/C14H23NO4/c1-7-8-18-12(16)11(9-10(2)3)15-13(17)19-14(4,5)6/h1,10-11H,8-9H2,2-6H3,(H,15,17)/t11-/m0/s1. The Kier molecular flexibility index (Phi) is 6.99. The van der Waals surface area contributed by atoms with Crippen LogP contribution < -0.4 is 5.32 Å². The molecule has 0 radical (unpaired) electrons. The van der Waals surface area contributed by atoms with E-state index in [1.54, 1.807) is 20.8 Å². The third-order valence-corrected chi connectivity index (χ3v) is 1.98. The zero-order valence-electron chi connectivity index (χ0n) is 12.3. The molecule has 0 rings (SSSR count). The van der Waals surface area contributed by atoms with Crippen molar-refractivity contribution >= 4 is 12.1 Å². The van der Waals surface area contributed by atoms with Gasteiger partial charge in [0.05, 0.1) is 0 Å². The van der Waals surface area contributed by atoms with Gasteiger partial charge in [0.1, 0.15) is 11.6 Å². The molecule has 0 aromatic rings.